The number of anilines is 1. The lowest BCUT2D eigenvalue weighted by Gasteiger charge is -2.35. The van der Waals surface area contributed by atoms with Crippen LogP contribution in [-0.2, 0) is 10.2 Å². The highest BCUT2D eigenvalue weighted by Crippen LogP contribution is 2.56. The zero-order chi connectivity index (χ0) is 20.3. The van der Waals surface area contributed by atoms with Crippen LogP contribution in [0.3, 0.4) is 0 Å². The Balaban J connectivity index is 1.41. The van der Waals surface area contributed by atoms with Crippen LogP contribution in [0.5, 0.6) is 0 Å². The molecule has 2 saturated carbocycles. The number of hydrogen-bond donors (Lipinski definition) is 1. The number of nitrogens with zero attached hydrogens (tertiary/aromatic N) is 3. The van der Waals surface area contributed by atoms with Gasteiger partial charge in [-0.25, -0.2) is 23.1 Å². The van der Waals surface area contributed by atoms with Crippen molar-refractivity contribution >= 4 is 17.8 Å². The third-order valence-corrected chi connectivity index (χ3v) is 5.87. The fraction of sp³-hybridized carbons (Fsp3) is 0.400. The first-order chi connectivity index (χ1) is 13.9. The minimum atomic E-state index is -1.26. The van der Waals surface area contributed by atoms with Gasteiger partial charge in [0, 0.05) is 17.7 Å². The second kappa shape index (κ2) is 6.27. The molecule has 1 aromatic heterocycles. The van der Waals surface area contributed by atoms with Crippen LogP contribution in [0.1, 0.15) is 46.7 Å². The molecule has 2 fully saturated rings. The lowest BCUT2D eigenvalue weighted by molar-refractivity contribution is -0.117. The Morgan fingerprint density at radius 1 is 1.24 bits per heavy atom. The van der Waals surface area contributed by atoms with Crippen LogP contribution in [0, 0.1) is 11.6 Å². The summed E-state index contributed by atoms with van der Waals surface area (Å²) in [6.45, 7) is -0.428. The van der Waals surface area contributed by atoms with Gasteiger partial charge in [0.2, 0.25) is 11.9 Å². The number of rotatable bonds is 4. The standard InChI is InChI=1S/C20H17F3N4O2/c21-11-6-24-19(25-7-11)26-15(28)8-27-9-20(5-14(20)22)16-13(18(27)29)4-3-12(17(16)23)10-1-2-10/h3-4,6-7,10,14H,1-2,5,8-9H2,(H,24,25,26,28)/t14-,20-/m1/s1. The molecule has 150 valence electrons. The molecule has 1 N–H and O–H groups in total. The summed E-state index contributed by atoms with van der Waals surface area (Å²) >= 11 is 0. The molecule has 2 amide bonds. The van der Waals surface area contributed by atoms with Gasteiger partial charge in [-0.1, -0.05) is 6.07 Å². The van der Waals surface area contributed by atoms with Gasteiger partial charge in [0.25, 0.3) is 5.91 Å². The molecule has 6 nitrogen and oxygen atoms in total. The van der Waals surface area contributed by atoms with E-state index in [2.05, 4.69) is 15.3 Å². The van der Waals surface area contributed by atoms with E-state index in [4.69, 9.17) is 0 Å². The van der Waals surface area contributed by atoms with Crippen LogP contribution in [0.2, 0.25) is 0 Å². The van der Waals surface area contributed by atoms with Crippen LogP contribution in [-0.4, -0.2) is 45.9 Å². The summed E-state index contributed by atoms with van der Waals surface area (Å²) in [7, 11) is 0. The van der Waals surface area contributed by atoms with E-state index >= 15 is 4.39 Å². The highest BCUT2D eigenvalue weighted by atomic mass is 19.1. The summed E-state index contributed by atoms with van der Waals surface area (Å²) < 4.78 is 42.5. The van der Waals surface area contributed by atoms with Crippen LogP contribution >= 0.6 is 0 Å². The molecular weight excluding hydrogens is 385 g/mol. The molecule has 1 aliphatic heterocycles. The molecule has 2 atom stereocenters. The fourth-order valence-corrected chi connectivity index (χ4v) is 4.15. The Labute approximate surface area is 164 Å². The molecule has 0 saturated heterocycles. The SMILES string of the molecule is O=C(CN1C[C@@]2(C[C@H]2F)c2c(ccc(C3CC3)c2F)C1=O)Nc1ncc(F)cn1. The van der Waals surface area contributed by atoms with Gasteiger partial charge in [0.15, 0.2) is 5.82 Å². The number of benzene rings is 1. The molecule has 3 aliphatic rings. The van der Waals surface area contributed by atoms with Gasteiger partial charge in [-0.05, 0) is 36.8 Å². The van der Waals surface area contributed by atoms with Crippen molar-refractivity contribution < 1.29 is 22.8 Å². The van der Waals surface area contributed by atoms with Gasteiger partial charge >= 0.3 is 0 Å². The van der Waals surface area contributed by atoms with E-state index in [0.717, 1.165) is 25.2 Å². The topological polar surface area (TPSA) is 75.2 Å². The second-order valence-electron chi connectivity index (χ2n) is 7.93. The van der Waals surface area contributed by atoms with Crippen molar-refractivity contribution in [1.29, 1.82) is 0 Å². The fourth-order valence-electron chi connectivity index (χ4n) is 4.15. The lowest BCUT2D eigenvalue weighted by atomic mass is 9.83. The molecule has 0 bridgehead atoms. The number of aromatic nitrogens is 2. The molecule has 0 radical (unpaired) electrons. The number of carbonyl (C=O) groups is 2. The Bertz CT molecular complexity index is 1030. The molecule has 29 heavy (non-hydrogen) atoms. The number of halogens is 3. The van der Waals surface area contributed by atoms with E-state index in [1.54, 1.807) is 12.1 Å². The first kappa shape index (κ1) is 18.1. The summed E-state index contributed by atoms with van der Waals surface area (Å²) in [5, 5.41) is 2.37. The molecule has 1 aromatic carbocycles. The summed E-state index contributed by atoms with van der Waals surface area (Å²) in [5.74, 6) is -2.20. The number of amides is 2. The summed E-state index contributed by atoms with van der Waals surface area (Å²) in [6, 6.07) is 3.15. The normalized spacial score (nSPS) is 25.1. The van der Waals surface area contributed by atoms with Gasteiger partial charge in [0.1, 0.15) is 18.5 Å². The molecule has 9 heteroatoms. The van der Waals surface area contributed by atoms with E-state index in [0.29, 0.717) is 5.56 Å². The molecule has 1 spiro atoms. The maximum Gasteiger partial charge on any atom is 0.254 e. The average molecular weight is 402 g/mol. The summed E-state index contributed by atoms with van der Waals surface area (Å²) in [5.41, 5.74) is -0.262. The van der Waals surface area contributed by atoms with E-state index in [1.165, 1.54) is 4.90 Å². The number of alkyl halides is 1. The van der Waals surface area contributed by atoms with Gasteiger partial charge in [-0.2, -0.15) is 0 Å². The van der Waals surface area contributed by atoms with Crippen molar-refractivity contribution in [3.8, 4) is 0 Å². The molecule has 2 heterocycles. The van der Waals surface area contributed by atoms with Crippen LogP contribution in [0.15, 0.2) is 24.5 Å². The quantitative estimate of drug-likeness (QED) is 0.853. The van der Waals surface area contributed by atoms with Crippen molar-refractivity contribution in [2.24, 2.45) is 0 Å². The van der Waals surface area contributed by atoms with Crippen LogP contribution in [0.25, 0.3) is 0 Å². The molecule has 0 unspecified atom stereocenters. The molecule has 2 aromatic rings. The zero-order valence-corrected chi connectivity index (χ0v) is 15.3. The minimum Gasteiger partial charge on any atom is -0.328 e. The van der Waals surface area contributed by atoms with Gasteiger partial charge in [-0.3, -0.25) is 14.9 Å². The van der Waals surface area contributed by atoms with Gasteiger partial charge in [-0.15, -0.1) is 0 Å². The van der Waals surface area contributed by atoms with E-state index < -0.39 is 35.0 Å². The van der Waals surface area contributed by atoms with Crippen molar-refractivity contribution in [3.05, 3.63) is 52.9 Å². The number of hydrogen-bond acceptors (Lipinski definition) is 4. The Morgan fingerprint density at radius 3 is 2.55 bits per heavy atom. The highest BCUT2D eigenvalue weighted by molar-refractivity contribution is 6.01. The number of nitrogens with one attached hydrogen (secondary N) is 1. The molecule has 2 aliphatic carbocycles. The monoisotopic (exact) mass is 402 g/mol. The maximum atomic E-state index is 15.2. The second-order valence-corrected chi connectivity index (χ2v) is 7.93. The van der Waals surface area contributed by atoms with Crippen molar-refractivity contribution in [2.45, 2.75) is 36.8 Å². The number of carbonyl (C=O) groups excluding carboxylic acids is 2. The predicted molar refractivity (Wildman–Crippen MR) is 96.1 cm³/mol. The Kier molecular flexibility index (Phi) is 3.91. The maximum absolute atomic E-state index is 15.2. The zero-order valence-electron chi connectivity index (χ0n) is 15.3. The van der Waals surface area contributed by atoms with Crippen molar-refractivity contribution in [2.75, 3.05) is 18.4 Å². The minimum absolute atomic E-state index is 0.0667. The Morgan fingerprint density at radius 2 is 1.93 bits per heavy atom. The van der Waals surface area contributed by atoms with Crippen LogP contribution in [0.4, 0.5) is 19.1 Å². The average Bonchev–Trinajstić information content (AvgIpc) is 3.60. The highest BCUT2D eigenvalue weighted by Gasteiger charge is 2.62. The van der Waals surface area contributed by atoms with Gasteiger partial charge in [0.05, 0.1) is 17.8 Å². The summed E-state index contributed by atoms with van der Waals surface area (Å²) in [4.78, 5) is 33.7. The number of fused-ring (bicyclic) bond motifs is 2. The lowest BCUT2D eigenvalue weighted by Crippen LogP contribution is -2.48. The third-order valence-electron chi connectivity index (χ3n) is 5.87. The first-order valence-electron chi connectivity index (χ1n) is 9.42. The van der Waals surface area contributed by atoms with E-state index in [-0.39, 0.29) is 42.5 Å². The molecular formula is C20H17F3N4O2. The Hall–Kier alpha value is -2.97. The van der Waals surface area contributed by atoms with Crippen molar-refractivity contribution in [3.63, 3.8) is 0 Å². The molecule has 5 rings (SSSR count). The third kappa shape index (κ3) is 2.95. The predicted octanol–water partition coefficient (Wildman–Crippen LogP) is 2.71. The van der Waals surface area contributed by atoms with Crippen molar-refractivity contribution in [1.82, 2.24) is 14.9 Å². The van der Waals surface area contributed by atoms with Gasteiger partial charge < -0.3 is 4.90 Å². The van der Waals surface area contributed by atoms with Crippen LogP contribution < -0.4 is 5.32 Å². The first-order valence-corrected chi connectivity index (χ1v) is 9.42. The van der Waals surface area contributed by atoms with E-state index in [9.17, 15) is 18.4 Å². The van der Waals surface area contributed by atoms with E-state index in [1.807, 2.05) is 0 Å². The largest absolute Gasteiger partial charge is 0.328 e. The summed E-state index contributed by atoms with van der Waals surface area (Å²) in [6.07, 6.45) is 2.46. The smallest absolute Gasteiger partial charge is 0.254 e.